The number of rotatable bonds is 2. The molecule has 0 radical (unpaired) electrons. The number of aromatic nitrogens is 3. The van der Waals surface area contributed by atoms with E-state index in [1.165, 1.54) is 0 Å². The van der Waals surface area contributed by atoms with Gasteiger partial charge in [0.25, 0.3) is 0 Å². The summed E-state index contributed by atoms with van der Waals surface area (Å²) in [6.07, 6.45) is 0. The largest absolute Gasteiger partial charge is 0.368 e. The molecule has 0 bridgehead atoms. The highest BCUT2D eigenvalue weighted by Crippen LogP contribution is 2.16. The minimum absolute atomic E-state index is 0.127. The topological polar surface area (TPSA) is 76.7 Å². The number of pyridine rings is 1. The average molecular weight is 236 g/mol. The van der Waals surface area contributed by atoms with Crippen LogP contribution in [-0.4, -0.2) is 15.0 Å². The van der Waals surface area contributed by atoms with E-state index in [4.69, 9.17) is 17.3 Å². The van der Waals surface area contributed by atoms with E-state index in [0.29, 0.717) is 16.8 Å². The summed E-state index contributed by atoms with van der Waals surface area (Å²) in [5.74, 6) is 1.34. The van der Waals surface area contributed by atoms with Crippen molar-refractivity contribution >= 4 is 29.2 Å². The van der Waals surface area contributed by atoms with Crippen molar-refractivity contribution in [3.05, 3.63) is 35.1 Å². The van der Waals surface area contributed by atoms with E-state index in [1.807, 2.05) is 25.1 Å². The van der Waals surface area contributed by atoms with Crippen LogP contribution in [0.2, 0.25) is 5.15 Å². The molecule has 0 fully saturated rings. The third-order valence-corrected chi connectivity index (χ3v) is 2.05. The Labute approximate surface area is 97.7 Å². The van der Waals surface area contributed by atoms with Crippen LogP contribution in [0, 0.1) is 6.92 Å². The molecule has 0 atom stereocenters. The number of hydrogen-bond acceptors (Lipinski definition) is 5. The molecular formula is C10H10ClN5. The fourth-order valence-electron chi connectivity index (χ4n) is 1.24. The third kappa shape index (κ3) is 2.58. The number of nitrogens with one attached hydrogen (secondary N) is 1. The van der Waals surface area contributed by atoms with E-state index in [1.54, 1.807) is 6.07 Å². The molecule has 82 valence electrons. The van der Waals surface area contributed by atoms with Gasteiger partial charge in [0, 0.05) is 11.8 Å². The smallest absolute Gasteiger partial charge is 0.223 e. The molecule has 0 aromatic carbocycles. The minimum Gasteiger partial charge on any atom is -0.368 e. The van der Waals surface area contributed by atoms with Gasteiger partial charge in [-0.25, -0.2) is 9.97 Å². The molecule has 0 saturated heterocycles. The van der Waals surface area contributed by atoms with Crippen LogP contribution in [-0.2, 0) is 0 Å². The molecule has 2 heterocycles. The standard InChI is InChI=1S/C10H10ClN5/c1-6-3-2-4-8(13-6)15-9-5-7(11)14-10(12)16-9/h2-5H,1H3,(H3,12,13,14,15,16). The highest BCUT2D eigenvalue weighted by Gasteiger charge is 2.01. The first kappa shape index (κ1) is 10.6. The second kappa shape index (κ2) is 4.32. The molecule has 6 heteroatoms. The Hall–Kier alpha value is -1.88. The van der Waals surface area contributed by atoms with Gasteiger partial charge in [-0.05, 0) is 19.1 Å². The predicted octanol–water partition coefficient (Wildman–Crippen LogP) is 2.16. The van der Waals surface area contributed by atoms with Crippen LogP contribution in [0.3, 0.4) is 0 Å². The first-order valence-electron chi connectivity index (χ1n) is 4.64. The average Bonchev–Trinajstić information content (AvgIpc) is 2.15. The van der Waals surface area contributed by atoms with Crippen molar-refractivity contribution in [2.75, 3.05) is 11.1 Å². The van der Waals surface area contributed by atoms with Gasteiger partial charge in [-0.2, -0.15) is 4.98 Å². The normalized spacial score (nSPS) is 10.1. The maximum Gasteiger partial charge on any atom is 0.223 e. The van der Waals surface area contributed by atoms with Gasteiger partial charge < -0.3 is 11.1 Å². The van der Waals surface area contributed by atoms with Crippen LogP contribution in [0.1, 0.15) is 5.69 Å². The third-order valence-electron chi connectivity index (χ3n) is 1.86. The Balaban J connectivity index is 2.27. The monoisotopic (exact) mass is 235 g/mol. The van der Waals surface area contributed by atoms with E-state index >= 15 is 0 Å². The van der Waals surface area contributed by atoms with E-state index in [-0.39, 0.29) is 5.95 Å². The second-order valence-electron chi connectivity index (χ2n) is 3.22. The number of nitrogen functional groups attached to an aromatic ring is 1. The molecule has 16 heavy (non-hydrogen) atoms. The van der Waals surface area contributed by atoms with Crippen molar-refractivity contribution in [1.29, 1.82) is 0 Å². The summed E-state index contributed by atoms with van der Waals surface area (Å²) in [5, 5.41) is 3.29. The molecule has 0 saturated carbocycles. The second-order valence-corrected chi connectivity index (χ2v) is 3.61. The Morgan fingerprint density at radius 1 is 1.19 bits per heavy atom. The molecule has 2 rings (SSSR count). The molecule has 3 N–H and O–H groups in total. The molecule has 0 spiro atoms. The number of anilines is 3. The molecule has 0 aliphatic carbocycles. The SMILES string of the molecule is Cc1cccc(Nc2cc(Cl)nc(N)n2)n1. The highest BCUT2D eigenvalue weighted by atomic mass is 35.5. The van der Waals surface area contributed by atoms with Gasteiger partial charge in [-0.15, -0.1) is 0 Å². The maximum absolute atomic E-state index is 5.76. The van der Waals surface area contributed by atoms with Gasteiger partial charge in [0.05, 0.1) is 0 Å². The fourth-order valence-corrected chi connectivity index (χ4v) is 1.43. The molecule has 5 nitrogen and oxygen atoms in total. The molecule has 0 aliphatic heterocycles. The van der Waals surface area contributed by atoms with Crippen LogP contribution >= 0.6 is 11.6 Å². The lowest BCUT2D eigenvalue weighted by Crippen LogP contribution is -2.01. The van der Waals surface area contributed by atoms with Crippen molar-refractivity contribution < 1.29 is 0 Å². The van der Waals surface area contributed by atoms with Gasteiger partial charge in [-0.3, -0.25) is 0 Å². The van der Waals surface area contributed by atoms with E-state index in [0.717, 1.165) is 5.69 Å². The summed E-state index contributed by atoms with van der Waals surface area (Å²) in [5.41, 5.74) is 6.39. The molecule has 2 aromatic rings. The maximum atomic E-state index is 5.76. The summed E-state index contributed by atoms with van der Waals surface area (Å²) in [6, 6.07) is 7.23. The van der Waals surface area contributed by atoms with Crippen LogP contribution < -0.4 is 11.1 Å². The van der Waals surface area contributed by atoms with Crippen LogP contribution in [0.25, 0.3) is 0 Å². The zero-order valence-electron chi connectivity index (χ0n) is 8.61. The molecule has 2 aromatic heterocycles. The van der Waals surface area contributed by atoms with Crippen molar-refractivity contribution in [2.24, 2.45) is 0 Å². The lowest BCUT2D eigenvalue weighted by Gasteiger charge is -2.05. The number of hydrogen-bond donors (Lipinski definition) is 2. The molecular weight excluding hydrogens is 226 g/mol. The highest BCUT2D eigenvalue weighted by molar-refractivity contribution is 6.29. The summed E-state index contributed by atoms with van der Waals surface area (Å²) in [4.78, 5) is 12.0. The van der Waals surface area contributed by atoms with Gasteiger partial charge in [0.2, 0.25) is 5.95 Å². The zero-order valence-corrected chi connectivity index (χ0v) is 9.36. The first-order chi connectivity index (χ1) is 7.63. The van der Waals surface area contributed by atoms with Crippen molar-refractivity contribution in [2.45, 2.75) is 6.92 Å². The number of nitrogens with two attached hydrogens (primary N) is 1. The summed E-state index contributed by atoms with van der Waals surface area (Å²) in [7, 11) is 0. The number of nitrogens with zero attached hydrogens (tertiary/aromatic N) is 3. The number of aryl methyl sites for hydroxylation is 1. The van der Waals surface area contributed by atoms with Gasteiger partial charge in [-0.1, -0.05) is 17.7 Å². The lowest BCUT2D eigenvalue weighted by molar-refractivity contribution is 1.15. The van der Waals surface area contributed by atoms with Gasteiger partial charge >= 0.3 is 0 Å². The Morgan fingerprint density at radius 2 is 2.00 bits per heavy atom. The minimum atomic E-state index is 0.127. The van der Waals surface area contributed by atoms with Gasteiger partial charge in [0.15, 0.2) is 0 Å². The molecule has 0 aliphatic rings. The van der Waals surface area contributed by atoms with Crippen molar-refractivity contribution in [3.63, 3.8) is 0 Å². The van der Waals surface area contributed by atoms with E-state index in [2.05, 4.69) is 20.3 Å². The van der Waals surface area contributed by atoms with E-state index < -0.39 is 0 Å². The van der Waals surface area contributed by atoms with Gasteiger partial charge in [0.1, 0.15) is 16.8 Å². The fraction of sp³-hybridized carbons (Fsp3) is 0.100. The van der Waals surface area contributed by atoms with Crippen molar-refractivity contribution in [1.82, 2.24) is 15.0 Å². The van der Waals surface area contributed by atoms with E-state index in [9.17, 15) is 0 Å². The van der Waals surface area contributed by atoms with Crippen LogP contribution in [0.5, 0.6) is 0 Å². The molecule has 0 unspecified atom stereocenters. The quantitative estimate of drug-likeness (QED) is 0.780. The van der Waals surface area contributed by atoms with Crippen LogP contribution in [0.15, 0.2) is 24.3 Å². The summed E-state index contributed by atoms with van der Waals surface area (Å²) < 4.78 is 0. The Kier molecular flexibility index (Phi) is 2.87. The van der Waals surface area contributed by atoms with Crippen LogP contribution in [0.4, 0.5) is 17.6 Å². The Morgan fingerprint density at radius 3 is 2.69 bits per heavy atom. The van der Waals surface area contributed by atoms with Crippen molar-refractivity contribution in [3.8, 4) is 0 Å². The lowest BCUT2D eigenvalue weighted by atomic mass is 10.4. The molecule has 0 amide bonds. The summed E-state index contributed by atoms with van der Waals surface area (Å²) >= 11 is 5.76. The predicted molar refractivity (Wildman–Crippen MR) is 63.7 cm³/mol. The first-order valence-corrected chi connectivity index (χ1v) is 5.02. The Bertz CT molecular complexity index is 494. The zero-order chi connectivity index (χ0) is 11.5. The number of halogens is 1. The summed E-state index contributed by atoms with van der Waals surface area (Å²) in [6.45, 7) is 1.91.